The van der Waals surface area contributed by atoms with E-state index in [-0.39, 0.29) is 0 Å². The maximum Gasteiger partial charge on any atom is 0.0312 e. The van der Waals surface area contributed by atoms with Crippen molar-refractivity contribution in [2.75, 3.05) is 6.54 Å². The van der Waals surface area contributed by atoms with Gasteiger partial charge >= 0.3 is 0 Å². The highest BCUT2D eigenvalue weighted by Gasteiger charge is 2.01. The van der Waals surface area contributed by atoms with E-state index >= 15 is 0 Å². The van der Waals surface area contributed by atoms with Crippen molar-refractivity contribution in [1.29, 1.82) is 0 Å². The Balaban J connectivity index is 2.12. The first-order chi connectivity index (χ1) is 10.6. The highest BCUT2D eigenvalue weighted by atomic mass is 14.9. The van der Waals surface area contributed by atoms with Crippen molar-refractivity contribution in [3.05, 3.63) is 53.4 Å². The van der Waals surface area contributed by atoms with E-state index in [1.54, 1.807) is 0 Å². The van der Waals surface area contributed by atoms with Gasteiger partial charge in [-0.2, -0.15) is 0 Å². The molecule has 1 aromatic heterocycles. The summed E-state index contributed by atoms with van der Waals surface area (Å²) in [7, 11) is 0. The zero-order valence-electron chi connectivity index (χ0n) is 14.7. The number of hydrogen-bond donors (Lipinski definition) is 1. The number of allylic oxidation sites excluding steroid dienone is 4. The Morgan fingerprint density at radius 1 is 1.23 bits per heavy atom. The zero-order valence-corrected chi connectivity index (χ0v) is 14.7. The first-order valence-corrected chi connectivity index (χ1v) is 8.46. The van der Waals surface area contributed by atoms with Crippen molar-refractivity contribution < 1.29 is 0 Å². The van der Waals surface area contributed by atoms with Gasteiger partial charge < -0.3 is 5.32 Å². The van der Waals surface area contributed by atoms with Gasteiger partial charge in [-0.3, -0.25) is 4.98 Å². The summed E-state index contributed by atoms with van der Waals surface area (Å²) in [5.41, 5.74) is 4.19. The molecule has 0 aliphatic carbocycles. The van der Waals surface area contributed by atoms with Crippen LogP contribution in [0.15, 0.2) is 47.8 Å². The average Bonchev–Trinajstić information content (AvgIpc) is 2.48. The molecule has 0 radical (unpaired) electrons. The average molecular weight is 300 g/mol. The minimum Gasteiger partial charge on any atom is -0.312 e. The molecule has 0 saturated heterocycles. The molecule has 0 aliphatic rings. The van der Waals surface area contributed by atoms with Crippen LogP contribution in [0.5, 0.6) is 0 Å². The van der Waals surface area contributed by atoms with Crippen molar-refractivity contribution in [2.24, 2.45) is 5.92 Å². The second kappa shape index (κ2) is 11.2. The second-order valence-corrected chi connectivity index (χ2v) is 6.55. The molecule has 2 nitrogen and oxygen atoms in total. The number of aromatic nitrogens is 1. The summed E-state index contributed by atoms with van der Waals surface area (Å²) < 4.78 is 0. The lowest BCUT2D eigenvalue weighted by molar-refractivity contribution is 0.484. The fourth-order valence-corrected chi connectivity index (χ4v) is 2.37. The second-order valence-electron chi connectivity index (χ2n) is 6.55. The van der Waals surface area contributed by atoms with Gasteiger partial charge in [0.1, 0.15) is 0 Å². The predicted molar refractivity (Wildman–Crippen MR) is 96.8 cm³/mol. The van der Waals surface area contributed by atoms with Crippen LogP contribution in [0.4, 0.5) is 0 Å². The zero-order chi connectivity index (χ0) is 16.2. The summed E-state index contributed by atoms with van der Waals surface area (Å²) in [6, 6.07) is 4.10. The third kappa shape index (κ3) is 9.51. The van der Waals surface area contributed by atoms with Crippen molar-refractivity contribution in [3.8, 4) is 0 Å². The molecule has 0 aliphatic heterocycles. The molecule has 1 heterocycles. The normalized spacial score (nSPS) is 13.0. The van der Waals surface area contributed by atoms with Gasteiger partial charge in [0.05, 0.1) is 0 Å². The lowest BCUT2D eigenvalue weighted by atomic mass is 10.0. The molecule has 0 bridgehead atoms. The highest BCUT2D eigenvalue weighted by Crippen LogP contribution is 2.11. The molecule has 1 N–H and O–H groups in total. The number of nitrogens with one attached hydrogen (secondary N) is 1. The molecule has 0 amide bonds. The first-order valence-electron chi connectivity index (χ1n) is 8.46. The Morgan fingerprint density at radius 3 is 2.73 bits per heavy atom. The minimum absolute atomic E-state index is 0.707. The third-order valence-corrected chi connectivity index (χ3v) is 3.79. The molecular weight excluding hydrogens is 268 g/mol. The van der Waals surface area contributed by atoms with E-state index in [1.165, 1.54) is 42.4 Å². The van der Waals surface area contributed by atoms with Gasteiger partial charge in [0.2, 0.25) is 0 Å². The van der Waals surface area contributed by atoms with Crippen molar-refractivity contribution in [2.45, 2.75) is 59.9 Å². The predicted octanol–water partition coefficient (Wildman–Crippen LogP) is 5.28. The van der Waals surface area contributed by atoms with E-state index in [4.69, 9.17) is 0 Å². The molecule has 0 spiro atoms. The van der Waals surface area contributed by atoms with Crippen LogP contribution < -0.4 is 5.32 Å². The maximum atomic E-state index is 4.13. The van der Waals surface area contributed by atoms with Gasteiger partial charge in [0.15, 0.2) is 0 Å². The summed E-state index contributed by atoms with van der Waals surface area (Å²) in [4.78, 5) is 4.13. The highest BCUT2D eigenvalue weighted by molar-refractivity contribution is 5.07. The van der Waals surface area contributed by atoms with Crippen LogP contribution in [0.3, 0.4) is 0 Å². The molecule has 0 fully saturated rings. The van der Waals surface area contributed by atoms with Crippen LogP contribution in [-0.4, -0.2) is 11.5 Å². The maximum absolute atomic E-state index is 4.13. The Labute approximate surface area is 136 Å². The molecule has 22 heavy (non-hydrogen) atoms. The molecule has 1 aromatic rings. The van der Waals surface area contributed by atoms with Crippen LogP contribution in [0.2, 0.25) is 0 Å². The van der Waals surface area contributed by atoms with Gasteiger partial charge in [-0.05, 0) is 70.5 Å². The van der Waals surface area contributed by atoms with E-state index in [0.29, 0.717) is 5.92 Å². The quantitative estimate of drug-likeness (QED) is 0.595. The van der Waals surface area contributed by atoms with E-state index in [9.17, 15) is 0 Å². The lowest BCUT2D eigenvalue weighted by Crippen LogP contribution is -2.20. The van der Waals surface area contributed by atoms with Crippen LogP contribution in [0, 0.1) is 5.92 Å². The SMILES string of the molecule is CC(C)=CCC/C(C)=C/CCC(C)CNCc1cccnc1. The van der Waals surface area contributed by atoms with E-state index in [1.807, 2.05) is 18.5 Å². The summed E-state index contributed by atoms with van der Waals surface area (Å²) in [5, 5.41) is 3.52. The Morgan fingerprint density at radius 2 is 2.05 bits per heavy atom. The van der Waals surface area contributed by atoms with Crippen molar-refractivity contribution in [1.82, 2.24) is 10.3 Å². The molecule has 122 valence electrons. The number of nitrogens with zero attached hydrogens (tertiary/aromatic N) is 1. The molecule has 0 saturated carbocycles. The van der Waals surface area contributed by atoms with Gasteiger partial charge in [0.25, 0.3) is 0 Å². The summed E-state index contributed by atoms with van der Waals surface area (Å²) in [6.45, 7) is 10.9. The molecule has 1 rings (SSSR count). The third-order valence-electron chi connectivity index (χ3n) is 3.79. The standard InChI is InChI=1S/C20H32N2/c1-17(2)8-5-9-18(3)10-6-11-19(4)14-22-16-20-12-7-13-21-15-20/h7-8,10,12-13,15,19,22H,5-6,9,11,14,16H2,1-4H3/b18-10+. The van der Waals surface area contributed by atoms with E-state index in [2.05, 4.69) is 56.2 Å². The smallest absolute Gasteiger partial charge is 0.0312 e. The first kappa shape index (κ1) is 18.6. The summed E-state index contributed by atoms with van der Waals surface area (Å²) in [6.07, 6.45) is 13.3. The van der Waals surface area contributed by atoms with Gasteiger partial charge in [-0.25, -0.2) is 0 Å². The number of hydrogen-bond acceptors (Lipinski definition) is 2. The molecule has 2 heteroatoms. The minimum atomic E-state index is 0.707. The molecule has 1 atom stereocenters. The largest absolute Gasteiger partial charge is 0.312 e. The Bertz CT molecular complexity index is 456. The van der Waals surface area contributed by atoms with E-state index < -0.39 is 0 Å². The van der Waals surface area contributed by atoms with Crippen molar-refractivity contribution >= 4 is 0 Å². The summed E-state index contributed by atoms with van der Waals surface area (Å²) in [5.74, 6) is 0.707. The van der Waals surface area contributed by atoms with E-state index in [0.717, 1.165) is 13.1 Å². The molecule has 1 unspecified atom stereocenters. The van der Waals surface area contributed by atoms with Crippen LogP contribution in [0.25, 0.3) is 0 Å². The van der Waals surface area contributed by atoms with Crippen LogP contribution >= 0.6 is 0 Å². The van der Waals surface area contributed by atoms with Gasteiger partial charge in [0, 0.05) is 18.9 Å². The van der Waals surface area contributed by atoms with Gasteiger partial charge in [-0.15, -0.1) is 0 Å². The molecule has 0 aromatic carbocycles. The van der Waals surface area contributed by atoms with Crippen LogP contribution in [-0.2, 0) is 6.54 Å². The lowest BCUT2D eigenvalue weighted by Gasteiger charge is -2.11. The Hall–Kier alpha value is -1.41. The number of pyridine rings is 1. The van der Waals surface area contributed by atoms with Crippen LogP contribution in [0.1, 0.15) is 58.9 Å². The van der Waals surface area contributed by atoms with Gasteiger partial charge in [-0.1, -0.05) is 36.3 Å². The number of rotatable bonds is 10. The van der Waals surface area contributed by atoms with Crippen molar-refractivity contribution in [3.63, 3.8) is 0 Å². The topological polar surface area (TPSA) is 24.9 Å². The summed E-state index contributed by atoms with van der Waals surface area (Å²) >= 11 is 0. The Kier molecular flexibility index (Phi) is 9.49. The fraction of sp³-hybridized carbons (Fsp3) is 0.550. The monoisotopic (exact) mass is 300 g/mol. The fourth-order valence-electron chi connectivity index (χ4n) is 2.37. The molecular formula is C20H32N2.